The topological polar surface area (TPSA) is 104 Å². The van der Waals surface area contributed by atoms with Gasteiger partial charge in [0, 0.05) is 38.8 Å². The van der Waals surface area contributed by atoms with Gasteiger partial charge in [0.05, 0.1) is 23.3 Å². The zero-order valence-corrected chi connectivity index (χ0v) is 15.7. The number of rotatable bonds is 5. The van der Waals surface area contributed by atoms with E-state index in [0.717, 1.165) is 0 Å². The van der Waals surface area contributed by atoms with Gasteiger partial charge in [-0.1, -0.05) is 18.2 Å². The Hall–Kier alpha value is -3.36. The third-order valence-corrected chi connectivity index (χ3v) is 4.52. The van der Waals surface area contributed by atoms with Gasteiger partial charge >= 0.3 is 0 Å². The van der Waals surface area contributed by atoms with E-state index in [1.54, 1.807) is 35.2 Å². The number of amides is 1. The van der Waals surface area contributed by atoms with E-state index in [1.165, 1.54) is 12.3 Å². The molecular formula is C19H23N5O4. The Bertz CT molecular complexity index is 842. The van der Waals surface area contributed by atoms with Crippen molar-refractivity contribution in [3.63, 3.8) is 0 Å². The molecule has 1 amide bonds. The normalized spacial score (nSPS) is 14.8. The highest BCUT2D eigenvalue weighted by atomic mass is 16.6. The number of nitrogens with one attached hydrogen (secondary N) is 1. The average Bonchev–Trinajstić information content (AvgIpc) is 3.26. The number of furan rings is 1. The van der Waals surface area contributed by atoms with E-state index < -0.39 is 4.92 Å². The van der Waals surface area contributed by atoms with Crippen molar-refractivity contribution in [1.29, 1.82) is 0 Å². The van der Waals surface area contributed by atoms with Crippen LogP contribution in [0.4, 0.5) is 5.69 Å². The predicted octanol–water partition coefficient (Wildman–Crippen LogP) is 2.11. The number of nitro benzene ring substituents is 1. The second-order valence-corrected chi connectivity index (χ2v) is 6.31. The minimum absolute atomic E-state index is 0.0657. The van der Waals surface area contributed by atoms with Crippen LogP contribution < -0.4 is 5.32 Å². The molecule has 1 aromatic carbocycles. The Balaban J connectivity index is 1.66. The summed E-state index contributed by atoms with van der Waals surface area (Å²) >= 11 is 0. The van der Waals surface area contributed by atoms with Crippen molar-refractivity contribution in [1.82, 2.24) is 15.1 Å². The molecule has 9 nitrogen and oxygen atoms in total. The smallest absolute Gasteiger partial charge is 0.289 e. The number of hydrogen-bond donors (Lipinski definition) is 1. The number of nitro groups is 1. The highest BCUT2D eigenvalue weighted by Crippen LogP contribution is 2.18. The Labute approximate surface area is 162 Å². The maximum Gasteiger partial charge on any atom is 0.289 e. The Morgan fingerprint density at radius 3 is 2.54 bits per heavy atom. The molecule has 1 N–H and O–H groups in total. The van der Waals surface area contributed by atoms with Gasteiger partial charge < -0.3 is 19.5 Å². The van der Waals surface area contributed by atoms with Crippen LogP contribution in [0.5, 0.6) is 0 Å². The molecule has 1 aliphatic rings. The summed E-state index contributed by atoms with van der Waals surface area (Å²) in [6, 6.07) is 9.97. The fraction of sp³-hybridized carbons (Fsp3) is 0.368. The number of aliphatic imine (C=N–C) groups is 1. The van der Waals surface area contributed by atoms with Crippen molar-refractivity contribution in [2.45, 2.75) is 13.5 Å². The van der Waals surface area contributed by atoms with Crippen molar-refractivity contribution in [3.8, 4) is 0 Å². The second kappa shape index (κ2) is 9.03. The van der Waals surface area contributed by atoms with Crippen LogP contribution in [-0.4, -0.2) is 59.3 Å². The van der Waals surface area contributed by atoms with Gasteiger partial charge in [-0.05, 0) is 19.1 Å². The van der Waals surface area contributed by atoms with Gasteiger partial charge in [0.25, 0.3) is 11.6 Å². The van der Waals surface area contributed by atoms with E-state index in [2.05, 4.69) is 15.2 Å². The van der Waals surface area contributed by atoms with Gasteiger partial charge in [-0.3, -0.25) is 14.9 Å². The molecular weight excluding hydrogens is 362 g/mol. The lowest BCUT2D eigenvalue weighted by atomic mass is 10.2. The number of carbonyl (C=O) groups is 1. The van der Waals surface area contributed by atoms with Crippen molar-refractivity contribution < 1.29 is 14.1 Å². The van der Waals surface area contributed by atoms with Crippen molar-refractivity contribution >= 4 is 17.6 Å². The Morgan fingerprint density at radius 1 is 1.18 bits per heavy atom. The van der Waals surface area contributed by atoms with E-state index in [-0.39, 0.29) is 18.1 Å². The summed E-state index contributed by atoms with van der Waals surface area (Å²) in [6.07, 6.45) is 1.49. The molecule has 1 aliphatic heterocycles. The highest BCUT2D eigenvalue weighted by Gasteiger charge is 2.25. The summed E-state index contributed by atoms with van der Waals surface area (Å²) < 4.78 is 5.18. The van der Waals surface area contributed by atoms with E-state index in [9.17, 15) is 14.9 Å². The molecule has 0 saturated carbocycles. The lowest BCUT2D eigenvalue weighted by molar-refractivity contribution is -0.385. The van der Waals surface area contributed by atoms with Crippen LogP contribution in [0, 0.1) is 10.1 Å². The van der Waals surface area contributed by atoms with Gasteiger partial charge in [0.2, 0.25) is 0 Å². The number of para-hydroxylation sites is 1. The van der Waals surface area contributed by atoms with Crippen molar-refractivity contribution in [2.75, 3.05) is 32.7 Å². The van der Waals surface area contributed by atoms with Crippen LogP contribution in [0.3, 0.4) is 0 Å². The van der Waals surface area contributed by atoms with Crippen molar-refractivity contribution in [2.24, 2.45) is 4.99 Å². The van der Waals surface area contributed by atoms with Crippen molar-refractivity contribution in [3.05, 3.63) is 64.1 Å². The number of benzene rings is 1. The molecule has 0 spiro atoms. The third-order valence-electron chi connectivity index (χ3n) is 4.52. The summed E-state index contributed by atoms with van der Waals surface area (Å²) in [5, 5.41) is 14.4. The van der Waals surface area contributed by atoms with Gasteiger partial charge in [-0.25, -0.2) is 4.99 Å². The molecule has 1 aromatic heterocycles. The summed E-state index contributed by atoms with van der Waals surface area (Å²) in [6.45, 7) is 5.21. The summed E-state index contributed by atoms with van der Waals surface area (Å²) in [4.78, 5) is 31.6. The maximum atomic E-state index is 12.4. The number of piperazine rings is 1. The first-order valence-corrected chi connectivity index (χ1v) is 9.18. The molecule has 0 radical (unpaired) electrons. The number of hydrogen-bond acceptors (Lipinski definition) is 5. The third kappa shape index (κ3) is 4.48. The van der Waals surface area contributed by atoms with Crippen LogP contribution in [-0.2, 0) is 6.54 Å². The molecule has 0 bridgehead atoms. The van der Waals surface area contributed by atoms with Crippen LogP contribution in [0.1, 0.15) is 23.0 Å². The zero-order chi connectivity index (χ0) is 19.9. The van der Waals surface area contributed by atoms with Gasteiger partial charge in [0.1, 0.15) is 0 Å². The molecule has 0 unspecified atom stereocenters. The SMILES string of the molecule is CCNC(=NCc1ccccc1[N+](=O)[O-])N1CCN(C(=O)c2ccco2)CC1. The molecule has 2 aromatic rings. The molecule has 148 valence electrons. The molecule has 28 heavy (non-hydrogen) atoms. The fourth-order valence-electron chi connectivity index (χ4n) is 3.09. The molecule has 0 atom stereocenters. The number of guanidine groups is 1. The van der Waals surface area contributed by atoms with Crippen LogP contribution >= 0.6 is 0 Å². The molecule has 2 heterocycles. The highest BCUT2D eigenvalue weighted by molar-refractivity contribution is 5.91. The van der Waals surface area contributed by atoms with Gasteiger partial charge in [0.15, 0.2) is 11.7 Å². The Kier molecular flexibility index (Phi) is 6.25. The predicted molar refractivity (Wildman–Crippen MR) is 104 cm³/mol. The molecule has 3 rings (SSSR count). The van der Waals surface area contributed by atoms with Gasteiger partial charge in [-0.2, -0.15) is 0 Å². The summed E-state index contributed by atoms with van der Waals surface area (Å²) in [5.41, 5.74) is 0.630. The fourth-order valence-corrected chi connectivity index (χ4v) is 3.09. The quantitative estimate of drug-likeness (QED) is 0.366. The summed E-state index contributed by atoms with van der Waals surface area (Å²) in [5.74, 6) is 0.905. The maximum absolute atomic E-state index is 12.4. The average molecular weight is 385 g/mol. The Morgan fingerprint density at radius 2 is 1.89 bits per heavy atom. The monoisotopic (exact) mass is 385 g/mol. The molecule has 0 aliphatic carbocycles. The number of nitrogens with zero attached hydrogens (tertiary/aromatic N) is 4. The van der Waals surface area contributed by atoms with Crippen LogP contribution in [0.2, 0.25) is 0 Å². The van der Waals surface area contributed by atoms with E-state index in [4.69, 9.17) is 4.42 Å². The standard InChI is InChI=1S/C19H23N5O4/c1-2-20-19(21-14-15-6-3-4-7-16(15)24(26)27)23-11-9-22(10-12-23)18(25)17-8-5-13-28-17/h3-8,13H,2,9-12,14H2,1H3,(H,20,21). The lowest BCUT2D eigenvalue weighted by Gasteiger charge is -2.36. The largest absolute Gasteiger partial charge is 0.459 e. The minimum Gasteiger partial charge on any atom is -0.459 e. The first-order valence-electron chi connectivity index (χ1n) is 9.18. The first-order chi connectivity index (χ1) is 13.6. The summed E-state index contributed by atoms with van der Waals surface area (Å²) in [7, 11) is 0. The lowest BCUT2D eigenvalue weighted by Crippen LogP contribution is -2.53. The van der Waals surface area contributed by atoms with E-state index in [1.807, 2.05) is 6.92 Å². The van der Waals surface area contributed by atoms with E-state index >= 15 is 0 Å². The van der Waals surface area contributed by atoms with Crippen LogP contribution in [0.25, 0.3) is 0 Å². The van der Waals surface area contributed by atoms with Gasteiger partial charge in [-0.15, -0.1) is 0 Å². The zero-order valence-electron chi connectivity index (χ0n) is 15.7. The second-order valence-electron chi connectivity index (χ2n) is 6.31. The molecule has 1 fully saturated rings. The molecule has 1 saturated heterocycles. The first kappa shape index (κ1) is 19.4. The minimum atomic E-state index is -0.392. The number of carbonyl (C=O) groups excluding carboxylic acids is 1. The van der Waals surface area contributed by atoms with Crippen LogP contribution in [0.15, 0.2) is 52.1 Å². The molecule has 9 heteroatoms. The van der Waals surface area contributed by atoms with E-state index in [0.29, 0.717) is 50.0 Å².